The van der Waals surface area contributed by atoms with E-state index in [9.17, 15) is 0 Å². The number of ether oxygens (including phenoxy) is 2. The van der Waals surface area contributed by atoms with Gasteiger partial charge in [-0.1, -0.05) is 6.58 Å². The molecular weight excluding hydrogens is 290 g/mol. The average Bonchev–Trinajstić information content (AvgIpc) is 2.58. The number of azo groups is 1. The summed E-state index contributed by atoms with van der Waals surface area (Å²) in [7, 11) is 4.01. The van der Waals surface area contributed by atoms with Gasteiger partial charge in [0.1, 0.15) is 19.0 Å². The molecule has 0 heterocycles. The maximum atomic E-state index is 5.51. The zero-order chi connectivity index (χ0) is 16.5. The number of nitrogens with zero attached hydrogens (tertiary/aromatic N) is 3. The van der Waals surface area contributed by atoms with Gasteiger partial charge >= 0.3 is 0 Å². The van der Waals surface area contributed by atoms with E-state index in [2.05, 4.69) is 16.8 Å². The summed E-state index contributed by atoms with van der Waals surface area (Å²) in [4.78, 5) is 2.04. The van der Waals surface area contributed by atoms with Crippen LogP contribution >= 0.6 is 0 Å². The van der Waals surface area contributed by atoms with Crippen molar-refractivity contribution < 1.29 is 9.47 Å². The fraction of sp³-hybridized carbons (Fsp3) is 0.222. The highest BCUT2D eigenvalue weighted by Crippen LogP contribution is 2.23. The van der Waals surface area contributed by atoms with Crippen LogP contribution in [0.15, 0.2) is 71.6 Å². The van der Waals surface area contributed by atoms with Gasteiger partial charge in [-0.05, 0) is 48.5 Å². The third-order valence-corrected chi connectivity index (χ3v) is 3.07. The molecule has 2 rings (SSSR count). The standard InChI is InChI=1S/C18H21N3O2/c1-4-22-13-14-23-18-11-7-16(8-12-18)20-19-15-5-9-17(10-6-15)21(2)3/h4-12H,1,13-14H2,2-3H3. The van der Waals surface area contributed by atoms with Crippen molar-refractivity contribution in [3.8, 4) is 5.75 Å². The SMILES string of the molecule is C=COCCOc1ccc(N=Nc2ccc(N(C)C)cc2)cc1. The van der Waals surface area contributed by atoms with Crippen molar-refractivity contribution in [3.05, 3.63) is 61.4 Å². The highest BCUT2D eigenvalue weighted by molar-refractivity contribution is 5.52. The molecule has 0 N–H and O–H groups in total. The molecule has 2 aromatic rings. The average molecular weight is 311 g/mol. The smallest absolute Gasteiger partial charge is 0.122 e. The van der Waals surface area contributed by atoms with E-state index in [1.807, 2.05) is 67.5 Å². The van der Waals surface area contributed by atoms with Crippen molar-refractivity contribution in [2.75, 3.05) is 32.2 Å². The van der Waals surface area contributed by atoms with Gasteiger partial charge < -0.3 is 14.4 Å². The Morgan fingerprint density at radius 2 is 1.48 bits per heavy atom. The molecule has 120 valence electrons. The number of rotatable bonds is 8. The Labute approximate surface area is 136 Å². The first-order chi connectivity index (χ1) is 11.2. The monoisotopic (exact) mass is 311 g/mol. The highest BCUT2D eigenvalue weighted by atomic mass is 16.5. The highest BCUT2D eigenvalue weighted by Gasteiger charge is 1.97. The maximum Gasteiger partial charge on any atom is 0.122 e. The predicted octanol–water partition coefficient (Wildman–Crippen LogP) is 4.71. The van der Waals surface area contributed by atoms with E-state index >= 15 is 0 Å². The van der Waals surface area contributed by atoms with Crippen LogP contribution in [-0.4, -0.2) is 27.3 Å². The lowest BCUT2D eigenvalue weighted by Crippen LogP contribution is -2.07. The first-order valence-corrected chi connectivity index (χ1v) is 7.33. The van der Waals surface area contributed by atoms with Gasteiger partial charge in [0.25, 0.3) is 0 Å². The zero-order valence-corrected chi connectivity index (χ0v) is 13.5. The van der Waals surface area contributed by atoms with Crippen LogP contribution in [0.4, 0.5) is 17.1 Å². The second-order valence-electron chi connectivity index (χ2n) is 4.99. The van der Waals surface area contributed by atoms with Crippen molar-refractivity contribution in [2.45, 2.75) is 0 Å². The summed E-state index contributed by atoms with van der Waals surface area (Å²) in [6, 6.07) is 15.3. The first kappa shape index (κ1) is 16.5. The molecule has 0 saturated carbocycles. The first-order valence-electron chi connectivity index (χ1n) is 7.33. The van der Waals surface area contributed by atoms with Crippen LogP contribution in [0.1, 0.15) is 0 Å². The molecule has 23 heavy (non-hydrogen) atoms. The molecule has 0 radical (unpaired) electrons. The summed E-state index contributed by atoms with van der Waals surface area (Å²) in [6.07, 6.45) is 1.40. The quantitative estimate of drug-likeness (QED) is 0.403. The van der Waals surface area contributed by atoms with Gasteiger partial charge in [0.05, 0.1) is 17.6 Å². The van der Waals surface area contributed by atoms with Gasteiger partial charge in [0.15, 0.2) is 0 Å². The minimum atomic E-state index is 0.477. The largest absolute Gasteiger partial charge is 0.498 e. The Morgan fingerprint density at radius 3 is 2.00 bits per heavy atom. The molecule has 5 nitrogen and oxygen atoms in total. The van der Waals surface area contributed by atoms with E-state index in [1.165, 1.54) is 6.26 Å². The van der Waals surface area contributed by atoms with Gasteiger partial charge in [0, 0.05) is 19.8 Å². The second kappa shape index (κ2) is 8.58. The van der Waals surface area contributed by atoms with Crippen molar-refractivity contribution in [2.24, 2.45) is 10.2 Å². The summed E-state index contributed by atoms with van der Waals surface area (Å²) in [5.41, 5.74) is 2.72. The van der Waals surface area contributed by atoms with Crippen molar-refractivity contribution in [1.82, 2.24) is 0 Å². The molecule has 0 aliphatic rings. The van der Waals surface area contributed by atoms with Crippen LogP contribution < -0.4 is 9.64 Å². The number of benzene rings is 2. The molecule has 0 aromatic heterocycles. The number of anilines is 1. The molecule has 0 amide bonds. The Morgan fingerprint density at radius 1 is 0.913 bits per heavy atom. The van der Waals surface area contributed by atoms with Gasteiger partial charge in [-0.2, -0.15) is 10.2 Å². The van der Waals surface area contributed by atoms with Crippen LogP contribution in [0.25, 0.3) is 0 Å². The van der Waals surface area contributed by atoms with E-state index in [0.717, 1.165) is 22.8 Å². The van der Waals surface area contributed by atoms with E-state index in [1.54, 1.807) is 0 Å². The van der Waals surface area contributed by atoms with Crippen LogP contribution in [0.5, 0.6) is 5.75 Å². The maximum absolute atomic E-state index is 5.51. The van der Waals surface area contributed by atoms with Crippen molar-refractivity contribution in [1.29, 1.82) is 0 Å². The normalized spacial score (nSPS) is 10.5. The minimum Gasteiger partial charge on any atom is -0.498 e. The van der Waals surface area contributed by atoms with Crippen LogP contribution in [-0.2, 0) is 4.74 Å². The second-order valence-corrected chi connectivity index (χ2v) is 4.99. The Hall–Kier alpha value is -2.82. The van der Waals surface area contributed by atoms with Gasteiger partial charge in [0.2, 0.25) is 0 Å². The minimum absolute atomic E-state index is 0.477. The Balaban J connectivity index is 1.90. The molecule has 0 aliphatic carbocycles. The molecule has 0 atom stereocenters. The predicted molar refractivity (Wildman–Crippen MR) is 93.0 cm³/mol. The van der Waals surface area contributed by atoms with Crippen LogP contribution in [0.2, 0.25) is 0 Å². The van der Waals surface area contributed by atoms with Gasteiger partial charge in [-0.25, -0.2) is 0 Å². The van der Waals surface area contributed by atoms with E-state index in [4.69, 9.17) is 9.47 Å². The number of hydrogen-bond donors (Lipinski definition) is 0. The fourth-order valence-corrected chi connectivity index (χ4v) is 1.83. The molecular formula is C18H21N3O2. The Kier molecular flexibility index (Phi) is 6.17. The van der Waals surface area contributed by atoms with E-state index in [0.29, 0.717) is 13.2 Å². The van der Waals surface area contributed by atoms with E-state index < -0.39 is 0 Å². The lowest BCUT2D eigenvalue weighted by molar-refractivity contribution is 0.179. The van der Waals surface area contributed by atoms with Crippen molar-refractivity contribution in [3.63, 3.8) is 0 Å². The topological polar surface area (TPSA) is 46.4 Å². The lowest BCUT2D eigenvalue weighted by Gasteiger charge is -2.11. The third-order valence-electron chi connectivity index (χ3n) is 3.07. The summed E-state index contributed by atoms with van der Waals surface area (Å²) < 4.78 is 10.5. The number of hydrogen-bond acceptors (Lipinski definition) is 5. The molecule has 0 unspecified atom stereocenters. The third kappa shape index (κ3) is 5.47. The summed E-state index contributed by atoms with van der Waals surface area (Å²) in [5, 5.41) is 8.45. The van der Waals surface area contributed by atoms with Gasteiger partial charge in [-0.15, -0.1) is 0 Å². The Bertz CT molecular complexity index is 634. The molecule has 5 heteroatoms. The summed E-state index contributed by atoms with van der Waals surface area (Å²) in [6.45, 7) is 4.43. The van der Waals surface area contributed by atoms with Gasteiger partial charge in [-0.3, -0.25) is 0 Å². The molecule has 2 aromatic carbocycles. The van der Waals surface area contributed by atoms with Crippen molar-refractivity contribution >= 4 is 17.1 Å². The molecule has 0 spiro atoms. The molecule has 0 saturated heterocycles. The van der Waals surface area contributed by atoms with Crippen LogP contribution in [0.3, 0.4) is 0 Å². The van der Waals surface area contributed by atoms with E-state index in [-0.39, 0.29) is 0 Å². The summed E-state index contributed by atoms with van der Waals surface area (Å²) >= 11 is 0. The lowest BCUT2D eigenvalue weighted by atomic mass is 10.3. The molecule has 0 aliphatic heterocycles. The molecule has 0 bridgehead atoms. The fourth-order valence-electron chi connectivity index (χ4n) is 1.83. The molecule has 0 fully saturated rings. The zero-order valence-electron chi connectivity index (χ0n) is 13.5. The van der Waals surface area contributed by atoms with Crippen LogP contribution in [0, 0.1) is 0 Å². The summed E-state index contributed by atoms with van der Waals surface area (Å²) in [5.74, 6) is 0.770.